The van der Waals surface area contributed by atoms with E-state index in [1.807, 2.05) is 6.08 Å². The van der Waals surface area contributed by atoms with Crippen molar-refractivity contribution in [1.29, 1.82) is 0 Å². The standard InChI is InChI=1S/C28H33N3O3/c1-19-22(24-6-2-3-7-26(24)30-19)15-16-29-25-13-11-21-18-20(9-12-23(21)25)10-14-27(32)31-34-28-8-4-5-17-33-28/h2-3,6-7,9-10,12,14,18,25,28-30H,4-5,8,11,13,15-17H2,1H3,(H,31,32)/b14-10+. The molecule has 1 saturated heterocycles. The molecule has 5 rings (SSSR count). The zero-order valence-corrected chi connectivity index (χ0v) is 19.7. The van der Waals surface area contributed by atoms with Crippen molar-refractivity contribution in [3.8, 4) is 0 Å². The maximum atomic E-state index is 12.1. The summed E-state index contributed by atoms with van der Waals surface area (Å²) >= 11 is 0. The average Bonchev–Trinajstić information content (AvgIpc) is 3.42. The zero-order chi connectivity index (χ0) is 23.3. The molecular weight excluding hydrogens is 426 g/mol. The first-order valence-corrected chi connectivity index (χ1v) is 12.3. The number of carbonyl (C=O) groups excluding carboxylic acids is 1. The van der Waals surface area contributed by atoms with Crippen LogP contribution in [-0.4, -0.2) is 30.3 Å². The molecule has 1 fully saturated rings. The number of rotatable bonds is 8. The number of benzene rings is 2. The van der Waals surface area contributed by atoms with Crippen LogP contribution in [-0.2, 0) is 27.2 Å². The normalized spacial score (nSPS) is 20.1. The Bertz CT molecular complexity index is 1180. The minimum atomic E-state index is -0.338. The number of amides is 1. The average molecular weight is 460 g/mol. The molecule has 34 heavy (non-hydrogen) atoms. The number of hydrogen-bond acceptors (Lipinski definition) is 4. The molecule has 2 heterocycles. The summed E-state index contributed by atoms with van der Waals surface area (Å²) in [4.78, 5) is 20.9. The molecule has 6 heteroatoms. The first-order valence-electron chi connectivity index (χ1n) is 12.3. The van der Waals surface area contributed by atoms with Crippen molar-refractivity contribution in [3.63, 3.8) is 0 Å². The molecule has 6 nitrogen and oxygen atoms in total. The van der Waals surface area contributed by atoms with Crippen molar-refractivity contribution in [2.45, 2.75) is 57.8 Å². The van der Waals surface area contributed by atoms with Gasteiger partial charge in [-0.25, -0.2) is 10.3 Å². The molecule has 1 aliphatic heterocycles. The molecule has 1 aromatic heterocycles. The van der Waals surface area contributed by atoms with Crippen LogP contribution in [0.3, 0.4) is 0 Å². The van der Waals surface area contributed by atoms with Crippen LogP contribution in [0.5, 0.6) is 0 Å². The van der Waals surface area contributed by atoms with Gasteiger partial charge in [-0.1, -0.05) is 36.4 Å². The second-order valence-corrected chi connectivity index (χ2v) is 9.24. The van der Waals surface area contributed by atoms with Gasteiger partial charge in [-0.05, 0) is 80.0 Å². The van der Waals surface area contributed by atoms with E-state index in [0.29, 0.717) is 12.6 Å². The van der Waals surface area contributed by atoms with Gasteiger partial charge in [0.2, 0.25) is 0 Å². The highest BCUT2D eigenvalue weighted by Gasteiger charge is 2.22. The lowest BCUT2D eigenvalue weighted by molar-refractivity contribution is -0.198. The maximum absolute atomic E-state index is 12.1. The summed E-state index contributed by atoms with van der Waals surface area (Å²) in [5.74, 6) is -0.276. The van der Waals surface area contributed by atoms with Crippen LogP contribution in [0.1, 0.15) is 59.7 Å². The third-order valence-electron chi connectivity index (χ3n) is 6.89. The maximum Gasteiger partial charge on any atom is 0.267 e. The molecule has 2 aliphatic rings. The molecule has 1 aliphatic carbocycles. The fourth-order valence-electron chi connectivity index (χ4n) is 5.12. The fourth-order valence-corrected chi connectivity index (χ4v) is 5.12. The Kier molecular flexibility index (Phi) is 7.09. The van der Waals surface area contributed by atoms with Crippen molar-refractivity contribution in [2.75, 3.05) is 13.2 Å². The van der Waals surface area contributed by atoms with Crippen molar-refractivity contribution in [2.24, 2.45) is 0 Å². The van der Waals surface area contributed by atoms with Crippen molar-refractivity contribution >= 4 is 22.9 Å². The van der Waals surface area contributed by atoms with Gasteiger partial charge in [-0.3, -0.25) is 4.79 Å². The second-order valence-electron chi connectivity index (χ2n) is 9.24. The first kappa shape index (κ1) is 22.8. The number of para-hydroxylation sites is 1. The summed E-state index contributed by atoms with van der Waals surface area (Å²) in [6.07, 6.45) is 9.09. The highest BCUT2D eigenvalue weighted by Crippen LogP contribution is 2.32. The lowest BCUT2D eigenvalue weighted by Crippen LogP contribution is -2.32. The van der Waals surface area contributed by atoms with E-state index in [-0.39, 0.29) is 12.2 Å². The van der Waals surface area contributed by atoms with E-state index in [2.05, 4.69) is 65.2 Å². The Balaban J connectivity index is 1.13. The Labute approximate surface area is 200 Å². The molecule has 2 aromatic carbocycles. The Morgan fingerprint density at radius 1 is 1.21 bits per heavy atom. The van der Waals surface area contributed by atoms with Crippen LogP contribution in [0.15, 0.2) is 48.5 Å². The predicted molar refractivity (Wildman–Crippen MR) is 134 cm³/mol. The van der Waals surface area contributed by atoms with Gasteiger partial charge in [0.05, 0.1) is 0 Å². The van der Waals surface area contributed by atoms with E-state index in [4.69, 9.17) is 9.57 Å². The molecule has 0 bridgehead atoms. The topological polar surface area (TPSA) is 75.4 Å². The van der Waals surface area contributed by atoms with Gasteiger partial charge in [0.25, 0.3) is 5.91 Å². The van der Waals surface area contributed by atoms with Crippen LogP contribution in [0.2, 0.25) is 0 Å². The molecule has 3 aromatic rings. The number of carbonyl (C=O) groups is 1. The molecular formula is C28H33N3O3. The number of aryl methyl sites for hydroxylation is 2. The van der Waals surface area contributed by atoms with E-state index >= 15 is 0 Å². The van der Waals surface area contributed by atoms with Crippen LogP contribution < -0.4 is 10.8 Å². The van der Waals surface area contributed by atoms with E-state index in [1.54, 1.807) is 0 Å². The summed E-state index contributed by atoms with van der Waals surface area (Å²) in [6, 6.07) is 15.4. The largest absolute Gasteiger partial charge is 0.358 e. The Morgan fingerprint density at radius 3 is 3.00 bits per heavy atom. The van der Waals surface area contributed by atoms with E-state index in [9.17, 15) is 4.79 Å². The van der Waals surface area contributed by atoms with E-state index in [1.165, 1.54) is 39.4 Å². The molecule has 178 valence electrons. The minimum absolute atomic E-state index is 0.276. The first-order chi connectivity index (χ1) is 16.7. The summed E-state index contributed by atoms with van der Waals surface area (Å²) in [7, 11) is 0. The van der Waals surface area contributed by atoms with Gasteiger partial charge in [0, 0.05) is 41.7 Å². The summed E-state index contributed by atoms with van der Waals surface area (Å²) in [6.45, 7) is 3.79. The number of nitrogens with one attached hydrogen (secondary N) is 3. The van der Waals surface area contributed by atoms with Crippen molar-refractivity contribution in [1.82, 2.24) is 15.8 Å². The molecule has 0 radical (unpaired) electrons. The number of fused-ring (bicyclic) bond motifs is 2. The molecule has 1 amide bonds. The second kappa shape index (κ2) is 10.6. The number of aromatic amines is 1. The van der Waals surface area contributed by atoms with E-state index in [0.717, 1.165) is 50.6 Å². The number of H-pyrrole nitrogens is 1. The number of ether oxygens (including phenoxy) is 1. The van der Waals surface area contributed by atoms with Gasteiger partial charge >= 0.3 is 0 Å². The van der Waals surface area contributed by atoms with Gasteiger partial charge in [0.15, 0.2) is 6.29 Å². The van der Waals surface area contributed by atoms with Crippen LogP contribution in [0.25, 0.3) is 17.0 Å². The number of aromatic nitrogens is 1. The molecule has 2 unspecified atom stereocenters. The highest BCUT2D eigenvalue weighted by molar-refractivity contribution is 5.91. The quantitative estimate of drug-likeness (QED) is 0.331. The fraction of sp³-hybridized carbons (Fsp3) is 0.393. The molecule has 0 spiro atoms. The Morgan fingerprint density at radius 2 is 2.12 bits per heavy atom. The van der Waals surface area contributed by atoms with Crippen LogP contribution in [0.4, 0.5) is 0 Å². The number of hydroxylamine groups is 1. The third-order valence-corrected chi connectivity index (χ3v) is 6.89. The third kappa shape index (κ3) is 5.25. The SMILES string of the molecule is Cc1[nH]c2ccccc2c1CCNC1CCc2cc(/C=C/C(=O)NOC3CCCCO3)ccc21. The monoisotopic (exact) mass is 459 g/mol. The van der Waals surface area contributed by atoms with Crippen molar-refractivity contribution in [3.05, 3.63) is 76.5 Å². The predicted octanol–water partition coefficient (Wildman–Crippen LogP) is 4.88. The van der Waals surface area contributed by atoms with Gasteiger partial charge < -0.3 is 15.0 Å². The highest BCUT2D eigenvalue weighted by atomic mass is 16.8. The van der Waals surface area contributed by atoms with Gasteiger partial charge in [-0.15, -0.1) is 0 Å². The Hall–Kier alpha value is -2.93. The van der Waals surface area contributed by atoms with Crippen LogP contribution in [0, 0.1) is 6.92 Å². The lowest BCUT2D eigenvalue weighted by atomic mass is 10.0. The van der Waals surface area contributed by atoms with Crippen LogP contribution >= 0.6 is 0 Å². The zero-order valence-electron chi connectivity index (χ0n) is 19.7. The lowest BCUT2D eigenvalue weighted by Gasteiger charge is -2.21. The molecule has 3 N–H and O–H groups in total. The molecule has 2 atom stereocenters. The number of hydrogen-bond donors (Lipinski definition) is 3. The summed E-state index contributed by atoms with van der Waals surface area (Å²) in [5, 5.41) is 5.09. The van der Waals surface area contributed by atoms with Gasteiger partial charge in [0.1, 0.15) is 0 Å². The minimum Gasteiger partial charge on any atom is -0.358 e. The van der Waals surface area contributed by atoms with Crippen molar-refractivity contribution < 1.29 is 14.4 Å². The van der Waals surface area contributed by atoms with E-state index < -0.39 is 0 Å². The van der Waals surface area contributed by atoms with Gasteiger partial charge in [-0.2, -0.15) is 0 Å². The smallest absolute Gasteiger partial charge is 0.267 e. The summed E-state index contributed by atoms with van der Waals surface area (Å²) in [5.41, 5.74) is 10.1. The molecule has 0 saturated carbocycles. The summed E-state index contributed by atoms with van der Waals surface area (Å²) < 4.78 is 5.46.